The maximum absolute atomic E-state index is 10.7. The van der Waals surface area contributed by atoms with Gasteiger partial charge in [0.15, 0.2) is 9.76 Å². The average Bonchev–Trinajstić information content (AvgIpc) is 2.15. The first-order valence-electron chi connectivity index (χ1n) is 4.62. The Morgan fingerprint density at radius 3 is 2.54 bits per heavy atom. The Balaban J connectivity index is 0. The minimum Gasteiger partial charge on any atom is -0.462 e. The molecule has 0 aliphatic heterocycles. The lowest BCUT2D eigenvalue weighted by atomic mass is 10.4. The zero-order valence-corrected chi connectivity index (χ0v) is 12.2. The predicted molar refractivity (Wildman–Crippen MR) is 61.8 cm³/mol. The van der Waals surface area contributed by atoms with Crippen LogP contribution in [0.1, 0.15) is 13.3 Å². The zero-order valence-electron chi connectivity index (χ0n) is 8.80. The summed E-state index contributed by atoms with van der Waals surface area (Å²) in [6.07, 6.45) is 0.766. The highest BCUT2D eigenvalue weighted by Gasteiger charge is 2.00. The van der Waals surface area contributed by atoms with Crippen molar-refractivity contribution in [3.05, 3.63) is 12.2 Å². The van der Waals surface area contributed by atoms with Crippen molar-refractivity contribution in [2.75, 3.05) is 6.61 Å². The third kappa shape index (κ3) is 11.6. The van der Waals surface area contributed by atoms with E-state index in [9.17, 15) is 4.79 Å². The first-order chi connectivity index (χ1) is 6.18. The largest absolute Gasteiger partial charge is 0.462 e. The molecule has 0 aliphatic carbocycles. The van der Waals surface area contributed by atoms with Crippen molar-refractivity contribution < 1.29 is 14.3 Å². The fourth-order valence-electron chi connectivity index (χ4n) is 0.502. The van der Waals surface area contributed by atoms with Gasteiger partial charge in [-0.2, -0.15) is 0 Å². The maximum atomic E-state index is 10.7. The van der Waals surface area contributed by atoms with Gasteiger partial charge in [0, 0.05) is 5.57 Å². The summed E-state index contributed by atoms with van der Waals surface area (Å²) >= 11 is 0. The van der Waals surface area contributed by atoms with Crippen LogP contribution in [0.5, 0.6) is 0 Å². The van der Waals surface area contributed by atoms with Crippen LogP contribution in [-0.2, 0) is 9.53 Å². The van der Waals surface area contributed by atoms with E-state index in [1.54, 1.807) is 6.92 Å². The molecule has 0 aliphatic rings. The van der Waals surface area contributed by atoms with Crippen LogP contribution in [0.2, 0.25) is 12.6 Å². The topological polar surface area (TPSA) is 46.5 Å². The van der Waals surface area contributed by atoms with Gasteiger partial charge in [-0.05, 0) is 29.6 Å². The van der Waals surface area contributed by atoms with E-state index in [-0.39, 0.29) is 5.97 Å². The van der Waals surface area contributed by atoms with Crippen LogP contribution in [-0.4, -0.2) is 37.4 Å². The van der Waals surface area contributed by atoms with E-state index in [1.807, 2.05) is 0 Å². The second kappa shape index (κ2) is 11.6. The highest BCUT2D eigenvalue weighted by atomic mass is 28.2. The van der Waals surface area contributed by atoms with E-state index in [1.165, 1.54) is 10.2 Å². The summed E-state index contributed by atoms with van der Waals surface area (Å²) in [5.41, 5.74) is 0.422. The van der Waals surface area contributed by atoms with Crippen molar-refractivity contribution >= 4 is 26.0 Å². The van der Waals surface area contributed by atoms with Crippen LogP contribution in [0.15, 0.2) is 12.2 Å². The molecule has 0 saturated heterocycles. The number of carbonyl (C=O) groups excluding carboxylic acids is 1. The number of hydrogen-bond donors (Lipinski definition) is 1. The molecule has 1 N–H and O–H groups in total. The summed E-state index contributed by atoms with van der Waals surface area (Å²) in [5, 5.41) is 0. The normalized spacial score (nSPS) is 9.46. The van der Waals surface area contributed by atoms with Crippen molar-refractivity contribution in [1.29, 1.82) is 0 Å². The van der Waals surface area contributed by atoms with Gasteiger partial charge < -0.3 is 9.53 Å². The molecule has 0 amide bonds. The lowest BCUT2D eigenvalue weighted by Gasteiger charge is -2.01. The predicted octanol–water partition coefficient (Wildman–Crippen LogP) is -0.610. The van der Waals surface area contributed by atoms with Gasteiger partial charge in [-0.25, -0.2) is 4.79 Å². The zero-order chi connectivity index (χ0) is 10.7. The number of hydrogen-bond acceptors (Lipinski definition) is 3. The van der Waals surface area contributed by atoms with Gasteiger partial charge in [-0.15, -0.1) is 0 Å². The van der Waals surface area contributed by atoms with E-state index in [4.69, 9.17) is 9.53 Å². The standard InChI is InChI=1S/C7H14O3Si.CH6Si/c1-6(2)7(8)10-4-3-5-11-9;1-2/h9H,1,3-5,11H2,2H3;1-2H3. The van der Waals surface area contributed by atoms with E-state index in [2.05, 4.69) is 13.1 Å². The van der Waals surface area contributed by atoms with Crippen molar-refractivity contribution in [2.45, 2.75) is 25.9 Å². The Morgan fingerprint density at radius 1 is 1.62 bits per heavy atom. The average molecular weight is 220 g/mol. The van der Waals surface area contributed by atoms with E-state index in [0.29, 0.717) is 12.2 Å². The summed E-state index contributed by atoms with van der Waals surface area (Å²) < 4.78 is 4.78. The molecule has 0 heterocycles. The molecule has 0 saturated carbocycles. The molecular weight excluding hydrogens is 200 g/mol. The van der Waals surface area contributed by atoms with Crippen LogP contribution in [0.3, 0.4) is 0 Å². The second-order valence-electron chi connectivity index (χ2n) is 2.35. The smallest absolute Gasteiger partial charge is 0.333 e. The molecule has 0 spiro atoms. The van der Waals surface area contributed by atoms with Gasteiger partial charge in [0.05, 0.1) is 6.61 Å². The van der Waals surface area contributed by atoms with Crippen molar-refractivity contribution in [3.8, 4) is 0 Å². The molecule has 0 aromatic heterocycles. The molecule has 0 unspecified atom stereocenters. The minimum absolute atomic E-state index is 0.343. The molecule has 0 atom stereocenters. The van der Waals surface area contributed by atoms with Gasteiger partial charge in [-0.1, -0.05) is 13.1 Å². The molecular formula is C8H20O3Si2. The van der Waals surface area contributed by atoms with Gasteiger partial charge >= 0.3 is 5.97 Å². The van der Waals surface area contributed by atoms with Gasteiger partial charge in [0.2, 0.25) is 0 Å². The van der Waals surface area contributed by atoms with Crippen LogP contribution in [0.25, 0.3) is 0 Å². The Morgan fingerprint density at radius 2 is 2.15 bits per heavy atom. The SMILES string of the molecule is C=C(C)C(=O)OCCC[SiH2]O.C[SiH3]. The van der Waals surface area contributed by atoms with Gasteiger partial charge in [-0.3, -0.25) is 0 Å². The number of esters is 1. The molecule has 0 fully saturated rings. The molecule has 78 valence electrons. The molecule has 0 aromatic rings. The fourth-order valence-corrected chi connectivity index (χ4v) is 0.930. The number of carbonyl (C=O) groups is 1. The van der Waals surface area contributed by atoms with E-state index >= 15 is 0 Å². The Labute approximate surface area is 85.5 Å². The molecule has 0 bridgehead atoms. The van der Waals surface area contributed by atoms with Crippen LogP contribution in [0.4, 0.5) is 0 Å². The van der Waals surface area contributed by atoms with Crippen molar-refractivity contribution in [2.24, 2.45) is 0 Å². The van der Waals surface area contributed by atoms with Gasteiger partial charge in [0.1, 0.15) is 0 Å². The lowest BCUT2D eigenvalue weighted by Crippen LogP contribution is -2.06. The second-order valence-corrected chi connectivity index (χ2v) is 3.50. The maximum Gasteiger partial charge on any atom is 0.333 e. The third-order valence-corrected chi connectivity index (χ3v) is 1.95. The first kappa shape index (κ1) is 15.1. The molecule has 0 rings (SSSR count). The van der Waals surface area contributed by atoms with E-state index in [0.717, 1.165) is 12.5 Å². The van der Waals surface area contributed by atoms with Crippen LogP contribution >= 0.6 is 0 Å². The summed E-state index contributed by atoms with van der Waals surface area (Å²) in [6.45, 7) is 7.59. The Kier molecular flexibility index (Phi) is 13.5. The molecule has 3 nitrogen and oxygen atoms in total. The summed E-state index contributed by atoms with van der Waals surface area (Å²) in [4.78, 5) is 19.3. The fraction of sp³-hybridized carbons (Fsp3) is 0.625. The van der Waals surface area contributed by atoms with Gasteiger partial charge in [0.25, 0.3) is 0 Å². The summed E-state index contributed by atoms with van der Waals surface area (Å²) in [6, 6.07) is 0.809. The number of ether oxygens (including phenoxy) is 1. The third-order valence-electron chi connectivity index (χ3n) is 1.13. The quantitative estimate of drug-likeness (QED) is 0.291. The highest BCUT2D eigenvalue weighted by Crippen LogP contribution is 1.94. The van der Waals surface area contributed by atoms with Crippen LogP contribution in [0, 0.1) is 0 Å². The molecule has 13 heavy (non-hydrogen) atoms. The number of rotatable bonds is 5. The van der Waals surface area contributed by atoms with Crippen molar-refractivity contribution in [3.63, 3.8) is 0 Å². The Bertz CT molecular complexity index is 148. The minimum atomic E-state index is -0.864. The molecule has 0 radical (unpaired) electrons. The van der Waals surface area contributed by atoms with Crippen LogP contribution < -0.4 is 0 Å². The molecule has 5 heteroatoms. The van der Waals surface area contributed by atoms with E-state index < -0.39 is 9.76 Å². The van der Waals surface area contributed by atoms with Crippen molar-refractivity contribution in [1.82, 2.24) is 0 Å². The molecule has 0 aromatic carbocycles. The first-order valence-corrected chi connectivity index (χ1v) is 8.25. The Hall–Kier alpha value is -0.396. The summed E-state index contributed by atoms with van der Waals surface area (Å²) in [7, 11) is 0.442. The highest BCUT2D eigenvalue weighted by molar-refractivity contribution is 6.25. The summed E-state index contributed by atoms with van der Waals surface area (Å²) in [5.74, 6) is -0.343. The lowest BCUT2D eigenvalue weighted by molar-refractivity contribution is -0.138. The monoisotopic (exact) mass is 220 g/mol.